The average Bonchev–Trinajstić information content (AvgIpc) is 2.59. The number of rotatable bonds is 6. The molecule has 0 atom stereocenters. The zero-order valence-electron chi connectivity index (χ0n) is 14.0. The summed E-state index contributed by atoms with van der Waals surface area (Å²) >= 11 is 0. The van der Waals surface area contributed by atoms with E-state index in [0.29, 0.717) is 18.6 Å². The molecule has 0 heterocycles. The van der Waals surface area contributed by atoms with Gasteiger partial charge in [0.1, 0.15) is 5.75 Å². The van der Waals surface area contributed by atoms with E-state index < -0.39 is 34.1 Å². The van der Waals surface area contributed by atoms with Gasteiger partial charge in [-0.2, -0.15) is 17.6 Å². The van der Waals surface area contributed by atoms with Crippen molar-refractivity contribution in [3.05, 3.63) is 63.5 Å². The van der Waals surface area contributed by atoms with Crippen molar-refractivity contribution >= 4 is 17.3 Å². The molecule has 1 amide bonds. The van der Waals surface area contributed by atoms with Crippen LogP contribution in [0.1, 0.15) is 29.3 Å². The molecule has 0 aliphatic rings. The Balaban J connectivity index is 2.37. The minimum atomic E-state index is -4.64. The van der Waals surface area contributed by atoms with Gasteiger partial charge in [0.2, 0.25) is 5.82 Å². The van der Waals surface area contributed by atoms with Crippen LogP contribution in [0.25, 0.3) is 0 Å². The first kappa shape index (κ1) is 20.1. The third-order valence-corrected chi connectivity index (χ3v) is 3.42. The van der Waals surface area contributed by atoms with Crippen LogP contribution >= 0.6 is 0 Å². The summed E-state index contributed by atoms with van der Waals surface area (Å²) in [6.45, 7) is 2.00. The monoisotopic (exact) mass is 386 g/mol. The second-order valence-corrected chi connectivity index (χ2v) is 5.43. The first-order valence-electron chi connectivity index (χ1n) is 7.72. The molecule has 0 spiro atoms. The summed E-state index contributed by atoms with van der Waals surface area (Å²) in [5.41, 5.74) is -2.47. The van der Waals surface area contributed by atoms with E-state index in [1.165, 1.54) is 0 Å². The van der Waals surface area contributed by atoms with Crippen LogP contribution < -0.4 is 10.1 Å². The third-order valence-electron chi connectivity index (χ3n) is 3.42. The number of hydrogen-bond donors (Lipinski definition) is 1. The van der Waals surface area contributed by atoms with Gasteiger partial charge in [0.05, 0.1) is 22.8 Å². The Labute approximate surface area is 150 Å². The lowest BCUT2D eigenvalue weighted by atomic mass is 10.1. The highest BCUT2D eigenvalue weighted by molar-refractivity contribution is 6.05. The lowest BCUT2D eigenvalue weighted by Gasteiger charge is -2.15. The molecule has 0 bridgehead atoms. The highest BCUT2D eigenvalue weighted by atomic mass is 19.4. The number of alkyl halides is 3. The number of benzene rings is 2. The molecular formula is C17H14F4N2O4. The van der Waals surface area contributed by atoms with E-state index in [4.69, 9.17) is 4.74 Å². The molecule has 2 rings (SSSR count). The Morgan fingerprint density at radius 1 is 1.22 bits per heavy atom. The maximum absolute atomic E-state index is 13.4. The Morgan fingerprint density at radius 2 is 1.93 bits per heavy atom. The molecule has 1 N–H and O–H groups in total. The first-order valence-corrected chi connectivity index (χ1v) is 7.72. The van der Waals surface area contributed by atoms with Gasteiger partial charge in [0.15, 0.2) is 0 Å². The highest BCUT2D eigenvalue weighted by Crippen LogP contribution is 2.35. The van der Waals surface area contributed by atoms with Gasteiger partial charge in [-0.15, -0.1) is 0 Å². The summed E-state index contributed by atoms with van der Waals surface area (Å²) in [6, 6.07) is 4.99. The van der Waals surface area contributed by atoms with Crippen LogP contribution in [0.5, 0.6) is 5.75 Å². The second-order valence-electron chi connectivity index (χ2n) is 5.43. The molecule has 0 fully saturated rings. The predicted molar refractivity (Wildman–Crippen MR) is 88.2 cm³/mol. The Kier molecular flexibility index (Phi) is 5.98. The molecule has 2 aromatic carbocycles. The van der Waals surface area contributed by atoms with Crippen molar-refractivity contribution in [3.8, 4) is 5.75 Å². The largest absolute Gasteiger partial charge is 0.491 e. The van der Waals surface area contributed by atoms with E-state index in [-0.39, 0.29) is 23.6 Å². The van der Waals surface area contributed by atoms with E-state index in [0.717, 1.165) is 24.3 Å². The number of carbonyl (C=O) groups excluding carboxylic acids is 1. The van der Waals surface area contributed by atoms with Crippen molar-refractivity contribution in [3.63, 3.8) is 0 Å². The van der Waals surface area contributed by atoms with E-state index in [1.54, 1.807) is 6.92 Å². The van der Waals surface area contributed by atoms with E-state index in [1.807, 2.05) is 0 Å². The van der Waals surface area contributed by atoms with Gasteiger partial charge in [-0.1, -0.05) is 6.92 Å². The van der Waals surface area contributed by atoms with Crippen LogP contribution in [0, 0.1) is 15.9 Å². The van der Waals surface area contributed by atoms with E-state index in [9.17, 15) is 32.5 Å². The maximum atomic E-state index is 13.4. The van der Waals surface area contributed by atoms with Gasteiger partial charge in [0.25, 0.3) is 5.91 Å². The molecule has 144 valence electrons. The molecule has 27 heavy (non-hydrogen) atoms. The van der Waals surface area contributed by atoms with Gasteiger partial charge < -0.3 is 10.1 Å². The third kappa shape index (κ3) is 4.93. The minimum Gasteiger partial charge on any atom is -0.491 e. The number of halogens is 4. The number of amides is 1. The molecule has 0 saturated heterocycles. The Morgan fingerprint density at radius 3 is 2.52 bits per heavy atom. The molecule has 6 nitrogen and oxygen atoms in total. The smallest absolute Gasteiger partial charge is 0.416 e. The van der Waals surface area contributed by atoms with Crippen molar-refractivity contribution in [1.29, 1.82) is 0 Å². The van der Waals surface area contributed by atoms with E-state index in [2.05, 4.69) is 5.32 Å². The van der Waals surface area contributed by atoms with Crippen LogP contribution in [0.15, 0.2) is 36.4 Å². The van der Waals surface area contributed by atoms with Gasteiger partial charge >= 0.3 is 11.9 Å². The van der Waals surface area contributed by atoms with Crippen LogP contribution in [0.4, 0.5) is 28.9 Å². The molecule has 0 radical (unpaired) electrons. The van der Waals surface area contributed by atoms with Crippen LogP contribution in [-0.4, -0.2) is 17.4 Å². The SMILES string of the molecule is CCCOc1ccc(C(F)(F)F)cc1NC(=O)c1ccc(F)c([N+](=O)[O-])c1. The molecule has 0 aliphatic heterocycles. The summed E-state index contributed by atoms with van der Waals surface area (Å²) < 4.78 is 57.5. The average molecular weight is 386 g/mol. The lowest BCUT2D eigenvalue weighted by Crippen LogP contribution is -2.15. The fraction of sp³-hybridized carbons (Fsp3) is 0.235. The number of ether oxygens (including phenoxy) is 1. The maximum Gasteiger partial charge on any atom is 0.416 e. The van der Waals surface area contributed by atoms with Crippen LogP contribution in [0.3, 0.4) is 0 Å². The molecule has 0 aliphatic carbocycles. The van der Waals surface area contributed by atoms with Crippen LogP contribution in [0.2, 0.25) is 0 Å². The second kappa shape index (κ2) is 8.02. The summed E-state index contributed by atoms with van der Waals surface area (Å²) in [5, 5.41) is 13.0. The molecular weight excluding hydrogens is 372 g/mol. The van der Waals surface area contributed by atoms with Gasteiger partial charge in [-0.3, -0.25) is 14.9 Å². The zero-order valence-corrected chi connectivity index (χ0v) is 14.0. The standard InChI is InChI=1S/C17H14F4N2O4/c1-2-7-27-15-6-4-11(17(19,20)21)9-13(15)22-16(24)10-3-5-12(18)14(8-10)23(25)26/h3-6,8-9H,2,7H2,1H3,(H,22,24). The number of nitro groups is 1. The molecule has 0 saturated carbocycles. The molecule has 2 aromatic rings. The van der Waals surface area contributed by atoms with Crippen molar-refractivity contribution in [2.45, 2.75) is 19.5 Å². The van der Waals surface area contributed by atoms with Gasteiger partial charge in [-0.05, 0) is 36.8 Å². The number of nitrogens with one attached hydrogen (secondary N) is 1. The lowest BCUT2D eigenvalue weighted by molar-refractivity contribution is -0.387. The van der Waals surface area contributed by atoms with Gasteiger partial charge in [-0.25, -0.2) is 0 Å². The fourth-order valence-electron chi connectivity index (χ4n) is 2.13. The number of hydrogen-bond acceptors (Lipinski definition) is 4. The topological polar surface area (TPSA) is 81.5 Å². The summed E-state index contributed by atoms with van der Waals surface area (Å²) in [6.07, 6.45) is -4.06. The Bertz CT molecular complexity index is 868. The first-order chi connectivity index (χ1) is 12.6. The Hall–Kier alpha value is -3.17. The van der Waals surface area contributed by atoms with E-state index >= 15 is 0 Å². The van der Waals surface area contributed by atoms with Crippen molar-refractivity contribution < 1.29 is 32.0 Å². The number of nitrogens with zero attached hydrogens (tertiary/aromatic N) is 1. The quantitative estimate of drug-likeness (QED) is 0.440. The normalized spacial score (nSPS) is 11.1. The number of anilines is 1. The summed E-state index contributed by atoms with van der Waals surface area (Å²) in [7, 11) is 0. The number of carbonyl (C=O) groups is 1. The summed E-state index contributed by atoms with van der Waals surface area (Å²) in [4.78, 5) is 22.1. The van der Waals surface area contributed by atoms with Crippen molar-refractivity contribution in [1.82, 2.24) is 0 Å². The molecule has 10 heteroatoms. The number of nitro benzene ring substituents is 1. The van der Waals surface area contributed by atoms with Crippen molar-refractivity contribution in [2.24, 2.45) is 0 Å². The molecule has 0 aromatic heterocycles. The molecule has 0 unspecified atom stereocenters. The van der Waals surface area contributed by atoms with Gasteiger partial charge in [0, 0.05) is 11.6 Å². The minimum absolute atomic E-state index is 0.00908. The predicted octanol–water partition coefficient (Wildman–Crippen LogP) is 4.79. The highest BCUT2D eigenvalue weighted by Gasteiger charge is 2.31. The fourth-order valence-corrected chi connectivity index (χ4v) is 2.13. The van der Waals surface area contributed by atoms with Crippen LogP contribution in [-0.2, 0) is 6.18 Å². The zero-order chi connectivity index (χ0) is 20.2. The van der Waals surface area contributed by atoms with Crippen molar-refractivity contribution in [2.75, 3.05) is 11.9 Å². The summed E-state index contributed by atoms with van der Waals surface area (Å²) in [5.74, 6) is -2.07.